The Labute approximate surface area is 197 Å². The molecule has 0 unspecified atom stereocenters. The van der Waals surface area contributed by atoms with Crippen molar-refractivity contribution in [2.75, 3.05) is 5.32 Å². The molecule has 0 saturated carbocycles. The Hall–Kier alpha value is -2.65. The Balaban J connectivity index is 1.79. The predicted octanol–water partition coefficient (Wildman–Crippen LogP) is 5.16. The van der Waals surface area contributed by atoms with Crippen molar-refractivity contribution in [3.05, 3.63) is 82.4 Å². The number of nitro benzene ring substituents is 1. The van der Waals surface area contributed by atoms with Gasteiger partial charge in [0.15, 0.2) is 5.11 Å². The highest BCUT2D eigenvalue weighted by Crippen LogP contribution is 2.30. The van der Waals surface area contributed by atoms with Gasteiger partial charge < -0.3 is 16.0 Å². The summed E-state index contributed by atoms with van der Waals surface area (Å²) in [6, 6.07) is 18.6. The van der Waals surface area contributed by atoms with Crippen LogP contribution in [0.15, 0.2) is 66.7 Å². The molecule has 0 aliphatic rings. The maximum Gasteiger partial charge on any atom is 0.292 e. The average molecular weight is 498 g/mol. The number of anilines is 1. The Kier molecular flexibility index (Phi) is 7.17. The van der Waals surface area contributed by atoms with E-state index in [-0.39, 0.29) is 16.5 Å². The molecule has 0 bridgehead atoms. The molecule has 0 fully saturated rings. The molecule has 3 aromatic carbocycles. The van der Waals surface area contributed by atoms with Crippen LogP contribution in [0.1, 0.15) is 10.4 Å². The van der Waals surface area contributed by atoms with Gasteiger partial charge in [-0.25, -0.2) is 0 Å². The van der Waals surface area contributed by atoms with Gasteiger partial charge in [-0.15, -0.1) is 0 Å². The second-order valence-electron chi connectivity index (χ2n) is 6.35. The van der Waals surface area contributed by atoms with Gasteiger partial charge in [-0.05, 0) is 35.1 Å². The molecule has 31 heavy (non-hydrogen) atoms. The van der Waals surface area contributed by atoms with Crippen LogP contribution in [0.5, 0.6) is 0 Å². The molecule has 3 aromatic rings. The lowest BCUT2D eigenvalue weighted by molar-refractivity contribution is -0.383. The third kappa shape index (κ3) is 5.74. The highest BCUT2D eigenvalue weighted by molar-refractivity contribution is 7.80. The summed E-state index contributed by atoms with van der Waals surface area (Å²) in [7, 11) is 0. The molecule has 7 nitrogen and oxygen atoms in total. The zero-order valence-electron chi connectivity index (χ0n) is 15.6. The molecule has 0 spiro atoms. The van der Waals surface area contributed by atoms with E-state index in [2.05, 4.69) is 16.0 Å². The Morgan fingerprint density at radius 1 is 0.968 bits per heavy atom. The smallest absolute Gasteiger partial charge is 0.292 e. The van der Waals surface area contributed by atoms with Gasteiger partial charge in [0.1, 0.15) is 11.9 Å². The number of benzene rings is 3. The minimum absolute atomic E-state index is 0.0798. The quantitative estimate of drug-likeness (QED) is 0.148. The maximum absolute atomic E-state index is 12.9. The molecule has 160 valence electrons. The number of para-hydroxylation sites is 2. The summed E-state index contributed by atoms with van der Waals surface area (Å²) in [5, 5.41) is 20.7. The van der Waals surface area contributed by atoms with E-state index in [4.69, 9.17) is 47.0 Å². The summed E-state index contributed by atoms with van der Waals surface area (Å²) >= 11 is 23.3. The molecule has 3 rings (SSSR count). The summed E-state index contributed by atoms with van der Waals surface area (Å²) in [5.74, 6) is -0.492. The van der Waals surface area contributed by atoms with Crippen molar-refractivity contribution < 1.29 is 9.72 Å². The van der Waals surface area contributed by atoms with Crippen LogP contribution in [0.25, 0.3) is 10.8 Å². The Morgan fingerprint density at radius 2 is 1.61 bits per heavy atom. The lowest BCUT2D eigenvalue weighted by atomic mass is 10.0. The molecule has 3 N–H and O–H groups in total. The van der Waals surface area contributed by atoms with E-state index >= 15 is 0 Å². The number of alkyl halides is 3. The van der Waals surface area contributed by atoms with Gasteiger partial charge in [0, 0.05) is 11.6 Å². The molecule has 0 aliphatic heterocycles. The fraction of sp³-hybridized carbons (Fsp3) is 0.100. The van der Waals surface area contributed by atoms with Crippen LogP contribution in [0.4, 0.5) is 11.4 Å². The molecular weight excluding hydrogens is 483 g/mol. The summed E-state index contributed by atoms with van der Waals surface area (Å²) in [5.41, 5.74) is 0.349. The third-order valence-electron chi connectivity index (χ3n) is 4.26. The van der Waals surface area contributed by atoms with Crippen molar-refractivity contribution in [1.82, 2.24) is 10.6 Å². The van der Waals surface area contributed by atoms with Crippen molar-refractivity contribution in [3.63, 3.8) is 0 Å². The number of thiocarbonyl (C=S) groups is 1. The molecule has 0 saturated heterocycles. The topological polar surface area (TPSA) is 96.3 Å². The third-order valence-corrected chi connectivity index (χ3v) is 5.14. The lowest BCUT2D eigenvalue weighted by Crippen LogP contribution is -2.56. The van der Waals surface area contributed by atoms with Gasteiger partial charge in [0.2, 0.25) is 3.79 Å². The maximum atomic E-state index is 12.9. The van der Waals surface area contributed by atoms with Gasteiger partial charge >= 0.3 is 0 Å². The van der Waals surface area contributed by atoms with E-state index in [0.717, 1.165) is 10.8 Å². The zero-order valence-corrected chi connectivity index (χ0v) is 18.7. The summed E-state index contributed by atoms with van der Waals surface area (Å²) in [4.78, 5) is 23.5. The lowest BCUT2D eigenvalue weighted by Gasteiger charge is -2.28. The van der Waals surface area contributed by atoms with Gasteiger partial charge in [-0.1, -0.05) is 83.3 Å². The van der Waals surface area contributed by atoms with Crippen LogP contribution in [0, 0.1) is 10.1 Å². The van der Waals surface area contributed by atoms with Crippen molar-refractivity contribution in [2.24, 2.45) is 0 Å². The first-order valence-corrected chi connectivity index (χ1v) is 10.4. The van der Waals surface area contributed by atoms with Crippen LogP contribution in [0.2, 0.25) is 0 Å². The normalized spacial score (nSPS) is 12.1. The number of hydrogen-bond acceptors (Lipinski definition) is 4. The van der Waals surface area contributed by atoms with Gasteiger partial charge in [0.25, 0.3) is 11.6 Å². The molecular formula is C20H15Cl3N4O3S. The van der Waals surface area contributed by atoms with Crippen LogP contribution in [-0.4, -0.2) is 25.9 Å². The predicted molar refractivity (Wildman–Crippen MR) is 128 cm³/mol. The number of rotatable bonds is 5. The van der Waals surface area contributed by atoms with E-state index in [1.165, 1.54) is 18.2 Å². The summed E-state index contributed by atoms with van der Waals surface area (Å²) in [6.07, 6.45) is -1.23. The Morgan fingerprint density at radius 3 is 2.32 bits per heavy atom. The number of nitro groups is 1. The van der Waals surface area contributed by atoms with E-state index < -0.39 is 20.8 Å². The first-order chi connectivity index (χ1) is 14.7. The number of carbonyl (C=O) groups excluding carboxylic acids is 1. The molecule has 0 heterocycles. The fourth-order valence-corrected chi connectivity index (χ4v) is 3.42. The van der Waals surface area contributed by atoms with Gasteiger partial charge in [-0.2, -0.15) is 0 Å². The summed E-state index contributed by atoms with van der Waals surface area (Å²) < 4.78 is -1.98. The minimum Gasteiger partial charge on any atom is -0.339 e. The number of fused-ring (bicyclic) bond motifs is 1. The van der Waals surface area contributed by atoms with Crippen molar-refractivity contribution >= 4 is 80.2 Å². The average Bonchev–Trinajstić information content (AvgIpc) is 2.72. The highest BCUT2D eigenvalue weighted by Gasteiger charge is 2.35. The first-order valence-electron chi connectivity index (χ1n) is 8.83. The monoisotopic (exact) mass is 496 g/mol. The molecule has 1 amide bonds. The number of carbonyl (C=O) groups is 1. The van der Waals surface area contributed by atoms with Crippen molar-refractivity contribution in [3.8, 4) is 0 Å². The molecule has 11 heteroatoms. The fourth-order valence-electron chi connectivity index (χ4n) is 2.86. The molecule has 1 atom stereocenters. The SMILES string of the molecule is O=C(N[C@H](NC(=S)Nc1ccccc1[N+](=O)[O-])C(Cl)(Cl)Cl)c1cccc2ccccc12. The second-order valence-corrected chi connectivity index (χ2v) is 9.12. The number of nitrogens with one attached hydrogen (secondary N) is 3. The van der Waals surface area contributed by atoms with Gasteiger partial charge in [-0.3, -0.25) is 14.9 Å². The highest BCUT2D eigenvalue weighted by atomic mass is 35.6. The Bertz CT molecular complexity index is 1150. The van der Waals surface area contributed by atoms with Crippen molar-refractivity contribution in [1.29, 1.82) is 0 Å². The molecule has 0 radical (unpaired) electrons. The zero-order chi connectivity index (χ0) is 22.6. The van der Waals surface area contributed by atoms with E-state index in [0.29, 0.717) is 5.56 Å². The van der Waals surface area contributed by atoms with Crippen molar-refractivity contribution in [2.45, 2.75) is 9.96 Å². The van der Waals surface area contributed by atoms with Crippen LogP contribution >= 0.6 is 47.0 Å². The number of nitrogens with zero attached hydrogens (tertiary/aromatic N) is 1. The summed E-state index contributed by atoms with van der Waals surface area (Å²) in [6.45, 7) is 0. The van der Waals surface area contributed by atoms with Gasteiger partial charge in [0.05, 0.1) is 4.92 Å². The number of hydrogen-bond donors (Lipinski definition) is 3. The van der Waals surface area contributed by atoms with E-state index in [1.807, 2.05) is 30.3 Å². The number of halogens is 3. The van der Waals surface area contributed by atoms with Crippen LogP contribution in [0.3, 0.4) is 0 Å². The molecule has 0 aromatic heterocycles. The first kappa shape index (κ1) is 23.0. The van der Waals surface area contributed by atoms with Crippen LogP contribution < -0.4 is 16.0 Å². The van der Waals surface area contributed by atoms with E-state index in [1.54, 1.807) is 18.2 Å². The number of amides is 1. The molecule has 0 aliphatic carbocycles. The van der Waals surface area contributed by atoms with E-state index in [9.17, 15) is 14.9 Å². The largest absolute Gasteiger partial charge is 0.339 e. The standard InChI is InChI=1S/C20H15Cl3N4O3S/c21-20(22,23)18(26-19(31)24-15-10-3-4-11-16(15)27(29)30)25-17(28)14-9-5-7-12-6-1-2-8-13(12)14/h1-11,18H,(H,25,28)(H2,24,26,31)/t18-/m1/s1. The second kappa shape index (κ2) is 9.65. The minimum atomic E-state index is -1.98. The van der Waals surface area contributed by atoms with Crippen LogP contribution in [-0.2, 0) is 0 Å².